The average molecular weight is 735 g/mol. The van der Waals surface area contributed by atoms with Crippen molar-refractivity contribution in [2.75, 3.05) is 9.80 Å². The first-order chi connectivity index (χ1) is 27.8. The number of benzene rings is 9. The number of nitrogens with zero attached hydrogens (tertiary/aromatic N) is 2. The normalized spacial score (nSPS) is 11.6. The Morgan fingerprint density at radius 3 is 1.70 bits per heavy atom. The van der Waals surface area contributed by atoms with Gasteiger partial charge in [0.2, 0.25) is 0 Å². The van der Waals surface area contributed by atoms with Crippen molar-refractivity contribution < 1.29 is 4.42 Å². The molecule has 0 saturated heterocycles. The fourth-order valence-electron chi connectivity index (χ4n) is 8.36. The van der Waals surface area contributed by atoms with Gasteiger partial charge < -0.3 is 14.2 Å². The van der Waals surface area contributed by atoms with E-state index in [9.17, 15) is 0 Å². The van der Waals surface area contributed by atoms with E-state index in [0.29, 0.717) is 0 Å². The quantitative estimate of drug-likeness (QED) is 0.163. The fourth-order valence-corrected chi connectivity index (χ4v) is 9.49. The van der Waals surface area contributed by atoms with Crippen LogP contribution in [-0.2, 0) is 0 Å². The van der Waals surface area contributed by atoms with Gasteiger partial charge >= 0.3 is 0 Å². The zero-order valence-corrected chi connectivity index (χ0v) is 31.2. The van der Waals surface area contributed by atoms with Crippen LogP contribution in [0, 0.1) is 0 Å². The highest BCUT2D eigenvalue weighted by Crippen LogP contribution is 2.48. The minimum atomic E-state index is 0.873. The Morgan fingerprint density at radius 1 is 0.339 bits per heavy atom. The van der Waals surface area contributed by atoms with Crippen LogP contribution in [0.3, 0.4) is 0 Å². The lowest BCUT2D eigenvalue weighted by Crippen LogP contribution is -2.11. The molecule has 0 saturated carbocycles. The van der Waals surface area contributed by atoms with Crippen LogP contribution in [0.25, 0.3) is 64.0 Å². The molecule has 9 aromatic carbocycles. The number of anilines is 6. The van der Waals surface area contributed by atoms with Gasteiger partial charge in [-0.3, -0.25) is 0 Å². The molecule has 0 amide bonds. The van der Waals surface area contributed by atoms with Gasteiger partial charge in [0.15, 0.2) is 5.58 Å². The van der Waals surface area contributed by atoms with Crippen LogP contribution in [0.4, 0.5) is 34.1 Å². The first-order valence-corrected chi connectivity index (χ1v) is 19.7. The molecule has 0 fully saturated rings. The predicted octanol–water partition coefficient (Wildman–Crippen LogP) is 15.7. The van der Waals surface area contributed by atoms with E-state index in [2.05, 4.69) is 204 Å². The summed E-state index contributed by atoms with van der Waals surface area (Å²) in [4.78, 5) is 4.73. The minimum Gasteiger partial charge on any atom is -0.454 e. The van der Waals surface area contributed by atoms with E-state index in [1.807, 2.05) is 23.5 Å². The van der Waals surface area contributed by atoms with Gasteiger partial charge in [0.1, 0.15) is 5.58 Å². The van der Waals surface area contributed by atoms with Crippen molar-refractivity contribution in [1.29, 1.82) is 0 Å². The van der Waals surface area contributed by atoms with Crippen LogP contribution < -0.4 is 9.80 Å². The molecule has 0 N–H and O–H groups in total. The lowest BCUT2D eigenvalue weighted by atomic mass is 9.95. The Kier molecular flexibility index (Phi) is 7.68. The monoisotopic (exact) mass is 734 g/mol. The van der Waals surface area contributed by atoms with Gasteiger partial charge in [-0.25, -0.2) is 0 Å². The molecule has 56 heavy (non-hydrogen) atoms. The van der Waals surface area contributed by atoms with Crippen LogP contribution in [0.5, 0.6) is 0 Å². The van der Waals surface area contributed by atoms with Crippen molar-refractivity contribution in [1.82, 2.24) is 0 Å². The Bertz CT molecular complexity index is 3200. The van der Waals surface area contributed by atoms with Gasteiger partial charge in [0.25, 0.3) is 0 Å². The van der Waals surface area contributed by atoms with Crippen molar-refractivity contribution in [3.63, 3.8) is 0 Å². The van der Waals surface area contributed by atoms with Crippen LogP contribution in [0.15, 0.2) is 211 Å². The average Bonchev–Trinajstić information content (AvgIpc) is 3.85. The second kappa shape index (κ2) is 13.3. The summed E-state index contributed by atoms with van der Waals surface area (Å²) in [5.41, 5.74) is 10.7. The molecule has 3 nitrogen and oxygen atoms in total. The number of para-hydroxylation sites is 4. The number of rotatable bonds is 7. The highest BCUT2D eigenvalue weighted by Gasteiger charge is 2.22. The van der Waals surface area contributed by atoms with Gasteiger partial charge in [-0.1, -0.05) is 133 Å². The highest BCUT2D eigenvalue weighted by atomic mass is 32.1. The molecule has 0 spiro atoms. The molecule has 11 rings (SSSR count). The Hall–Kier alpha value is -7.14. The van der Waals surface area contributed by atoms with Crippen LogP contribution in [-0.4, -0.2) is 0 Å². The van der Waals surface area contributed by atoms with E-state index < -0.39 is 0 Å². The summed E-state index contributed by atoms with van der Waals surface area (Å²) < 4.78 is 9.12. The van der Waals surface area contributed by atoms with Crippen LogP contribution in [0.2, 0.25) is 0 Å². The maximum absolute atomic E-state index is 6.54. The summed E-state index contributed by atoms with van der Waals surface area (Å²) in [6.45, 7) is 0. The van der Waals surface area contributed by atoms with E-state index in [4.69, 9.17) is 4.42 Å². The number of furan rings is 1. The van der Waals surface area contributed by atoms with E-state index in [1.165, 1.54) is 42.2 Å². The first kappa shape index (κ1) is 32.3. The van der Waals surface area contributed by atoms with Crippen molar-refractivity contribution in [2.24, 2.45) is 0 Å². The SMILES string of the molecule is c1ccc(N(c2ccc(-c3ccc(N(c4ccccc4)c4cccc5sc6ccccc6c45)c4ccccc34)cc2)c2cccc3c2oc2ccccc23)cc1. The lowest BCUT2D eigenvalue weighted by molar-refractivity contribution is 0.669. The summed E-state index contributed by atoms with van der Waals surface area (Å²) in [6.07, 6.45) is 0. The van der Waals surface area contributed by atoms with Crippen LogP contribution >= 0.6 is 11.3 Å². The molecule has 0 aliphatic carbocycles. The molecular formula is C52H34N2OS. The molecule has 264 valence electrons. The molecule has 0 bridgehead atoms. The van der Waals surface area contributed by atoms with Gasteiger partial charge in [0.05, 0.1) is 17.1 Å². The van der Waals surface area contributed by atoms with E-state index in [1.54, 1.807) is 0 Å². The Balaban J connectivity index is 1.05. The van der Waals surface area contributed by atoms with Crippen LogP contribution in [0.1, 0.15) is 0 Å². The standard InChI is InChI=1S/C52H34N2OS/c1-3-15-36(16-4-1)53(47-25-13-23-43-42-21-9-11-26-48(42)55-52(43)47)38-31-29-35(30-32-38)39-33-34-45(41-20-8-7-19-40(39)41)54(37-17-5-2-6-18-37)46-24-14-28-50-51(46)44-22-10-12-27-49(44)56-50/h1-34H. The summed E-state index contributed by atoms with van der Waals surface area (Å²) in [6, 6.07) is 73.8. The molecule has 0 aliphatic rings. The Labute approximate surface area is 328 Å². The zero-order valence-electron chi connectivity index (χ0n) is 30.3. The van der Waals surface area contributed by atoms with E-state index in [0.717, 1.165) is 55.9 Å². The molecule has 11 aromatic rings. The molecule has 0 unspecified atom stereocenters. The van der Waals surface area contributed by atoms with Gasteiger partial charge in [-0.2, -0.15) is 0 Å². The molecule has 0 radical (unpaired) electrons. The van der Waals surface area contributed by atoms with Gasteiger partial charge in [0, 0.05) is 53.4 Å². The summed E-state index contributed by atoms with van der Waals surface area (Å²) in [5.74, 6) is 0. The fraction of sp³-hybridized carbons (Fsp3) is 0. The van der Waals surface area contributed by atoms with Crippen molar-refractivity contribution in [2.45, 2.75) is 0 Å². The van der Waals surface area contributed by atoms with E-state index in [-0.39, 0.29) is 0 Å². The second-order valence-electron chi connectivity index (χ2n) is 14.1. The van der Waals surface area contributed by atoms with Crippen molar-refractivity contribution in [3.05, 3.63) is 206 Å². The summed E-state index contributed by atoms with van der Waals surface area (Å²) in [7, 11) is 0. The molecule has 4 heteroatoms. The molecule has 0 atom stereocenters. The molecule has 2 heterocycles. The van der Waals surface area contributed by atoms with Gasteiger partial charge in [-0.05, 0) is 89.3 Å². The smallest absolute Gasteiger partial charge is 0.159 e. The summed E-state index contributed by atoms with van der Waals surface area (Å²) in [5, 5.41) is 7.18. The third-order valence-corrected chi connectivity index (χ3v) is 12.0. The molecule has 0 aliphatic heterocycles. The number of thiophene rings is 1. The van der Waals surface area contributed by atoms with E-state index >= 15 is 0 Å². The number of hydrogen-bond donors (Lipinski definition) is 0. The highest BCUT2D eigenvalue weighted by molar-refractivity contribution is 7.26. The van der Waals surface area contributed by atoms with Gasteiger partial charge in [-0.15, -0.1) is 11.3 Å². The Morgan fingerprint density at radius 2 is 0.911 bits per heavy atom. The third-order valence-electron chi connectivity index (χ3n) is 10.9. The number of hydrogen-bond acceptors (Lipinski definition) is 4. The second-order valence-corrected chi connectivity index (χ2v) is 15.2. The van der Waals surface area contributed by atoms with Crippen molar-refractivity contribution in [3.8, 4) is 11.1 Å². The lowest BCUT2D eigenvalue weighted by Gasteiger charge is -2.28. The maximum atomic E-state index is 6.54. The first-order valence-electron chi connectivity index (χ1n) is 18.9. The predicted molar refractivity (Wildman–Crippen MR) is 239 cm³/mol. The number of fused-ring (bicyclic) bond motifs is 7. The zero-order chi connectivity index (χ0) is 37.0. The maximum Gasteiger partial charge on any atom is 0.159 e. The minimum absolute atomic E-state index is 0.873. The topological polar surface area (TPSA) is 19.6 Å². The third kappa shape index (κ3) is 5.26. The summed E-state index contributed by atoms with van der Waals surface area (Å²) >= 11 is 1.85. The largest absolute Gasteiger partial charge is 0.454 e. The molecule has 2 aromatic heterocycles. The van der Waals surface area contributed by atoms with Crippen molar-refractivity contribution >= 4 is 98.3 Å². The molecular weight excluding hydrogens is 701 g/mol.